The lowest BCUT2D eigenvalue weighted by atomic mass is 10.2. The van der Waals surface area contributed by atoms with Crippen LogP contribution in [0.5, 0.6) is 5.75 Å². The van der Waals surface area contributed by atoms with Crippen molar-refractivity contribution in [2.24, 2.45) is 5.73 Å². The number of nitrogens with zero attached hydrogens (tertiary/aromatic N) is 1. The SMILES string of the molecule is COc1ccc(S(C)(=O)=O)cc1Cn1cc(Cl)cc(C(N)=O)c1=N. The number of ether oxygens (including phenoxy) is 1. The van der Waals surface area contributed by atoms with Crippen LogP contribution in [-0.4, -0.2) is 32.3 Å². The van der Waals surface area contributed by atoms with Gasteiger partial charge in [-0.25, -0.2) is 8.42 Å². The van der Waals surface area contributed by atoms with Crippen LogP contribution < -0.4 is 16.0 Å². The van der Waals surface area contributed by atoms with E-state index in [1.54, 1.807) is 0 Å². The van der Waals surface area contributed by atoms with E-state index in [9.17, 15) is 13.2 Å². The zero-order valence-corrected chi connectivity index (χ0v) is 14.6. The molecule has 2 aromatic rings. The van der Waals surface area contributed by atoms with Crippen molar-refractivity contribution in [3.8, 4) is 5.75 Å². The second-order valence-electron chi connectivity index (χ2n) is 5.16. The summed E-state index contributed by atoms with van der Waals surface area (Å²) < 4.78 is 30.1. The van der Waals surface area contributed by atoms with Crippen LogP contribution in [0.3, 0.4) is 0 Å². The van der Waals surface area contributed by atoms with Gasteiger partial charge in [-0.15, -0.1) is 0 Å². The predicted molar refractivity (Wildman–Crippen MR) is 89.0 cm³/mol. The van der Waals surface area contributed by atoms with Crippen LogP contribution in [0.4, 0.5) is 0 Å². The molecule has 3 N–H and O–H groups in total. The number of rotatable bonds is 5. The number of methoxy groups -OCH3 is 1. The molecule has 1 heterocycles. The number of amides is 1. The Bertz CT molecular complexity index is 967. The molecule has 0 aliphatic rings. The first-order valence-corrected chi connectivity index (χ1v) is 9.01. The van der Waals surface area contributed by atoms with E-state index >= 15 is 0 Å². The van der Waals surface area contributed by atoms with Gasteiger partial charge in [-0.2, -0.15) is 0 Å². The Morgan fingerprint density at radius 1 is 1.38 bits per heavy atom. The van der Waals surface area contributed by atoms with Gasteiger partial charge < -0.3 is 15.0 Å². The van der Waals surface area contributed by atoms with Crippen LogP contribution in [-0.2, 0) is 16.4 Å². The number of hydrogen-bond acceptors (Lipinski definition) is 5. The Morgan fingerprint density at radius 2 is 2.04 bits per heavy atom. The van der Waals surface area contributed by atoms with Crippen molar-refractivity contribution in [1.82, 2.24) is 4.57 Å². The standard InChI is InChI=1S/C15H16ClN3O4S/c1-23-13-4-3-11(24(2,21)22)5-9(13)7-19-8-10(16)6-12(14(19)17)15(18)20/h3-6,8,17H,7H2,1-2H3,(H2,18,20). The second kappa shape index (κ2) is 6.66. The second-order valence-corrected chi connectivity index (χ2v) is 7.61. The third-order valence-corrected chi connectivity index (χ3v) is 4.71. The van der Waals surface area contributed by atoms with E-state index in [4.69, 9.17) is 27.5 Å². The highest BCUT2D eigenvalue weighted by molar-refractivity contribution is 7.90. The molecule has 0 atom stereocenters. The molecule has 128 valence electrons. The number of nitrogens with one attached hydrogen (secondary N) is 1. The molecule has 0 spiro atoms. The molecule has 0 fully saturated rings. The zero-order valence-electron chi connectivity index (χ0n) is 13.0. The van der Waals surface area contributed by atoms with Crippen LogP contribution in [0.2, 0.25) is 5.02 Å². The van der Waals surface area contributed by atoms with Crippen molar-refractivity contribution < 1.29 is 17.9 Å². The molecule has 0 unspecified atom stereocenters. The minimum atomic E-state index is -3.39. The Morgan fingerprint density at radius 3 is 2.58 bits per heavy atom. The molecular weight excluding hydrogens is 354 g/mol. The van der Waals surface area contributed by atoms with E-state index in [-0.39, 0.29) is 27.5 Å². The normalized spacial score (nSPS) is 11.3. The Kier molecular flexibility index (Phi) is 5.00. The lowest BCUT2D eigenvalue weighted by molar-refractivity contribution is 0.0997. The van der Waals surface area contributed by atoms with Gasteiger partial charge in [0.2, 0.25) is 0 Å². The van der Waals surface area contributed by atoms with Crippen molar-refractivity contribution in [2.45, 2.75) is 11.4 Å². The summed E-state index contributed by atoms with van der Waals surface area (Å²) >= 11 is 5.97. The van der Waals surface area contributed by atoms with Gasteiger partial charge in [-0.3, -0.25) is 10.2 Å². The number of hydrogen-bond donors (Lipinski definition) is 2. The molecule has 24 heavy (non-hydrogen) atoms. The number of carbonyl (C=O) groups excluding carboxylic acids is 1. The fraction of sp³-hybridized carbons (Fsp3) is 0.200. The number of pyridine rings is 1. The third kappa shape index (κ3) is 3.77. The predicted octanol–water partition coefficient (Wildman–Crippen LogP) is 1.18. The molecule has 1 amide bonds. The largest absolute Gasteiger partial charge is 0.496 e. The third-order valence-electron chi connectivity index (χ3n) is 3.39. The maximum absolute atomic E-state index is 11.7. The maximum Gasteiger partial charge on any atom is 0.252 e. The average molecular weight is 370 g/mol. The quantitative estimate of drug-likeness (QED) is 0.823. The summed E-state index contributed by atoms with van der Waals surface area (Å²) in [5, 5.41) is 8.31. The van der Waals surface area contributed by atoms with Crippen molar-refractivity contribution in [3.63, 3.8) is 0 Å². The molecule has 9 heteroatoms. The fourth-order valence-corrected chi connectivity index (χ4v) is 3.12. The molecule has 0 saturated carbocycles. The molecular formula is C15H16ClN3O4S. The van der Waals surface area contributed by atoms with E-state index in [1.165, 1.54) is 42.1 Å². The van der Waals surface area contributed by atoms with Gasteiger partial charge in [0.1, 0.15) is 11.2 Å². The van der Waals surface area contributed by atoms with Crippen LogP contribution >= 0.6 is 11.6 Å². The maximum atomic E-state index is 11.7. The van der Waals surface area contributed by atoms with Crippen molar-refractivity contribution in [2.75, 3.05) is 13.4 Å². The van der Waals surface area contributed by atoms with Gasteiger partial charge >= 0.3 is 0 Å². The van der Waals surface area contributed by atoms with Crippen molar-refractivity contribution in [3.05, 3.63) is 52.1 Å². The van der Waals surface area contributed by atoms with Crippen LogP contribution in [0, 0.1) is 5.41 Å². The van der Waals surface area contributed by atoms with Gasteiger partial charge in [-0.05, 0) is 24.3 Å². The minimum absolute atomic E-state index is 0.0271. The molecule has 0 aliphatic heterocycles. The minimum Gasteiger partial charge on any atom is -0.496 e. The molecule has 2 rings (SSSR count). The number of sulfone groups is 1. The summed E-state index contributed by atoms with van der Waals surface area (Å²) in [6.07, 6.45) is 2.56. The molecule has 0 aliphatic carbocycles. The number of primary amides is 1. The van der Waals surface area contributed by atoms with Gasteiger partial charge in [-0.1, -0.05) is 11.6 Å². The summed E-state index contributed by atoms with van der Waals surface area (Å²) in [5.41, 5.74) is 5.62. The number of nitrogens with two attached hydrogens (primary N) is 1. The monoisotopic (exact) mass is 369 g/mol. The average Bonchev–Trinajstić information content (AvgIpc) is 2.49. The van der Waals surface area contributed by atoms with Crippen LogP contribution in [0.1, 0.15) is 15.9 Å². The number of aromatic nitrogens is 1. The number of carbonyl (C=O) groups is 1. The highest BCUT2D eigenvalue weighted by atomic mass is 35.5. The molecule has 1 aromatic carbocycles. The molecule has 7 nitrogen and oxygen atoms in total. The van der Waals surface area contributed by atoms with Crippen LogP contribution in [0.15, 0.2) is 35.4 Å². The summed E-state index contributed by atoms with van der Waals surface area (Å²) in [4.78, 5) is 11.5. The lowest BCUT2D eigenvalue weighted by Gasteiger charge is -2.14. The highest BCUT2D eigenvalue weighted by Gasteiger charge is 2.14. The first-order valence-electron chi connectivity index (χ1n) is 6.75. The first kappa shape index (κ1) is 18.0. The Labute approximate surface area is 144 Å². The van der Waals surface area contributed by atoms with E-state index in [2.05, 4.69) is 0 Å². The fourth-order valence-electron chi connectivity index (χ4n) is 2.22. The molecule has 1 aromatic heterocycles. The number of benzene rings is 1. The molecule has 0 saturated heterocycles. The van der Waals surface area contributed by atoms with Crippen molar-refractivity contribution in [1.29, 1.82) is 5.41 Å². The smallest absolute Gasteiger partial charge is 0.252 e. The van der Waals surface area contributed by atoms with Gasteiger partial charge in [0, 0.05) is 18.0 Å². The topological polar surface area (TPSA) is 115 Å². The van der Waals surface area contributed by atoms with Crippen molar-refractivity contribution >= 4 is 27.3 Å². The summed E-state index contributed by atoms with van der Waals surface area (Å²) in [6.45, 7) is 0.0895. The summed E-state index contributed by atoms with van der Waals surface area (Å²) in [6, 6.07) is 5.75. The molecule has 0 bridgehead atoms. The zero-order chi connectivity index (χ0) is 18.1. The Hall–Kier alpha value is -2.32. The van der Waals surface area contributed by atoms with Crippen LogP contribution in [0.25, 0.3) is 0 Å². The van der Waals surface area contributed by atoms with Gasteiger partial charge in [0.15, 0.2) is 9.84 Å². The number of halogens is 1. The Balaban J connectivity index is 2.59. The van der Waals surface area contributed by atoms with Gasteiger partial charge in [0.25, 0.3) is 5.91 Å². The van der Waals surface area contributed by atoms with E-state index < -0.39 is 15.7 Å². The first-order chi connectivity index (χ1) is 11.1. The van der Waals surface area contributed by atoms with E-state index in [1.807, 2.05) is 0 Å². The van der Waals surface area contributed by atoms with E-state index in [0.717, 1.165) is 6.26 Å². The lowest BCUT2D eigenvalue weighted by Crippen LogP contribution is -2.29. The molecule has 0 radical (unpaired) electrons. The highest BCUT2D eigenvalue weighted by Crippen LogP contribution is 2.23. The van der Waals surface area contributed by atoms with E-state index in [0.29, 0.717) is 11.3 Å². The van der Waals surface area contributed by atoms with Gasteiger partial charge in [0.05, 0.1) is 29.1 Å². The summed E-state index contributed by atoms with van der Waals surface area (Å²) in [7, 11) is -1.94. The summed E-state index contributed by atoms with van der Waals surface area (Å²) in [5.74, 6) is -0.317.